The van der Waals surface area contributed by atoms with Crippen molar-refractivity contribution in [2.75, 3.05) is 34.0 Å². The first kappa shape index (κ1) is 25.2. The second-order valence-electron chi connectivity index (χ2n) is 7.63. The molecule has 0 radical (unpaired) electrons. The molecule has 3 rings (SSSR count). The van der Waals surface area contributed by atoms with Crippen molar-refractivity contribution in [3.05, 3.63) is 64.1 Å². The molecule has 3 aromatic rings. The highest BCUT2D eigenvalue weighted by Crippen LogP contribution is 2.30. The van der Waals surface area contributed by atoms with Crippen LogP contribution in [0.1, 0.15) is 18.1 Å². The van der Waals surface area contributed by atoms with Gasteiger partial charge in [0.2, 0.25) is 0 Å². The number of carboxylic acid groups (broad SMARTS) is 1. The van der Waals surface area contributed by atoms with E-state index in [1.54, 1.807) is 32.4 Å². The summed E-state index contributed by atoms with van der Waals surface area (Å²) in [6.07, 6.45) is 1.81. The fraction of sp³-hybridized carbons (Fsp3) is 0.400. The first-order chi connectivity index (χ1) is 16.5. The molecule has 182 valence electrons. The number of carboxylic acids is 1. The van der Waals surface area contributed by atoms with Crippen LogP contribution in [0.5, 0.6) is 11.5 Å². The van der Waals surface area contributed by atoms with E-state index in [1.165, 1.54) is 11.8 Å². The molecule has 0 amide bonds. The molecular weight excluding hydrogens is 440 g/mol. The van der Waals surface area contributed by atoms with Crippen LogP contribution in [0.2, 0.25) is 0 Å². The maximum Gasteiger partial charge on any atom is 0.333 e. The van der Waals surface area contributed by atoms with Crippen LogP contribution in [0.15, 0.2) is 47.4 Å². The Balaban J connectivity index is 1.50. The summed E-state index contributed by atoms with van der Waals surface area (Å²) >= 11 is 0. The summed E-state index contributed by atoms with van der Waals surface area (Å²) in [6.45, 7) is 3.30. The van der Waals surface area contributed by atoms with E-state index in [4.69, 9.17) is 18.9 Å². The number of aromatic nitrogens is 2. The van der Waals surface area contributed by atoms with Crippen LogP contribution in [0.25, 0.3) is 10.8 Å². The third-order valence-corrected chi connectivity index (χ3v) is 5.43. The molecule has 1 N–H and O–H groups in total. The van der Waals surface area contributed by atoms with Gasteiger partial charge in [0.25, 0.3) is 5.56 Å². The fourth-order valence-electron chi connectivity index (χ4n) is 3.59. The maximum atomic E-state index is 12.8. The highest BCUT2D eigenvalue weighted by molar-refractivity contribution is 5.84. The van der Waals surface area contributed by atoms with Crippen LogP contribution < -0.4 is 15.0 Å². The molecule has 9 nitrogen and oxygen atoms in total. The average Bonchev–Trinajstić information content (AvgIpc) is 2.85. The highest BCUT2D eigenvalue weighted by atomic mass is 16.5. The Morgan fingerprint density at radius 3 is 2.38 bits per heavy atom. The summed E-state index contributed by atoms with van der Waals surface area (Å²) in [5, 5.41) is 14.6. The number of carbonyl (C=O) groups is 1. The van der Waals surface area contributed by atoms with Crippen molar-refractivity contribution in [1.82, 2.24) is 9.78 Å². The van der Waals surface area contributed by atoms with Crippen molar-refractivity contribution in [3.8, 4) is 11.5 Å². The largest absolute Gasteiger partial charge is 0.493 e. The third kappa shape index (κ3) is 6.33. The van der Waals surface area contributed by atoms with E-state index in [0.29, 0.717) is 61.5 Å². The molecule has 0 saturated carbocycles. The Labute approximate surface area is 197 Å². The fourth-order valence-corrected chi connectivity index (χ4v) is 3.59. The number of nitrogens with zero attached hydrogens (tertiary/aromatic N) is 2. The quantitative estimate of drug-likeness (QED) is 0.380. The zero-order chi connectivity index (χ0) is 24.5. The van der Waals surface area contributed by atoms with Crippen molar-refractivity contribution in [2.24, 2.45) is 0 Å². The normalized spacial score (nSPS) is 12.0. The Morgan fingerprint density at radius 2 is 1.74 bits per heavy atom. The molecule has 0 bridgehead atoms. The smallest absolute Gasteiger partial charge is 0.333 e. The number of hydrogen-bond acceptors (Lipinski definition) is 7. The summed E-state index contributed by atoms with van der Waals surface area (Å²) in [4.78, 5) is 24.0. The van der Waals surface area contributed by atoms with Gasteiger partial charge in [0.05, 0.1) is 45.6 Å². The number of aliphatic carboxylic acids is 1. The van der Waals surface area contributed by atoms with Gasteiger partial charge in [0.15, 0.2) is 17.6 Å². The lowest BCUT2D eigenvalue weighted by atomic mass is 10.0. The van der Waals surface area contributed by atoms with Gasteiger partial charge in [-0.05, 0) is 36.6 Å². The average molecular weight is 471 g/mol. The molecule has 0 saturated heterocycles. The van der Waals surface area contributed by atoms with Gasteiger partial charge in [-0.15, -0.1) is 0 Å². The number of rotatable bonds is 13. The van der Waals surface area contributed by atoms with Gasteiger partial charge in [-0.3, -0.25) is 4.79 Å². The van der Waals surface area contributed by atoms with Crippen LogP contribution in [-0.2, 0) is 33.7 Å². The minimum absolute atomic E-state index is 0.218. The number of benzene rings is 2. The molecular formula is C25H30N2O7. The van der Waals surface area contributed by atoms with Crippen LogP contribution in [-0.4, -0.2) is 61.0 Å². The van der Waals surface area contributed by atoms with E-state index in [2.05, 4.69) is 5.10 Å². The predicted octanol–water partition coefficient (Wildman–Crippen LogP) is 2.71. The van der Waals surface area contributed by atoms with Gasteiger partial charge in [0, 0.05) is 18.4 Å². The van der Waals surface area contributed by atoms with E-state index >= 15 is 0 Å². The molecule has 1 heterocycles. The Morgan fingerprint density at radius 1 is 1.06 bits per heavy atom. The van der Waals surface area contributed by atoms with Crippen molar-refractivity contribution in [3.63, 3.8) is 0 Å². The van der Waals surface area contributed by atoms with Crippen LogP contribution >= 0.6 is 0 Å². The minimum atomic E-state index is -0.960. The number of hydrogen-bond donors (Lipinski definition) is 1. The van der Waals surface area contributed by atoms with Crippen LogP contribution in [0.4, 0.5) is 0 Å². The van der Waals surface area contributed by atoms with Crippen molar-refractivity contribution < 1.29 is 28.8 Å². The molecule has 2 aromatic carbocycles. The molecule has 9 heteroatoms. The summed E-state index contributed by atoms with van der Waals surface area (Å²) in [5.74, 6) is 0.0722. The molecule has 0 spiro atoms. The zero-order valence-electron chi connectivity index (χ0n) is 19.7. The maximum absolute atomic E-state index is 12.8. The lowest BCUT2D eigenvalue weighted by Crippen LogP contribution is -2.26. The second-order valence-corrected chi connectivity index (χ2v) is 7.63. The molecule has 34 heavy (non-hydrogen) atoms. The van der Waals surface area contributed by atoms with E-state index in [1.807, 2.05) is 24.3 Å². The van der Waals surface area contributed by atoms with Gasteiger partial charge in [-0.2, -0.15) is 5.10 Å². The van der Waals surface area contributed by atoms with E-state index in [9.17, 15) is 14.7 Å². The topological polar surface area (TPSA) is 109 Å². The summed E-state index contributed by atoms with van der Waals surface area (Å²) in [6, 6.07) is 11.1. The van der Waals surface area contributed by atoms with Gasteiger partial charge >= 0.3 is 5.97 Å². The molecule has 1 atom stereocenters. The highest BCUT2D eigenvalue weighted by Gasteiger charge is 2.17. The summed E-state index contributed by atoms with van der Waals surface area (Å²) in [5.41, 5.74) is 1.76. The molecule has 1 aromatic heterocycles. The standard InChI is InChI=1S/C25H30N2O7/c1-4-34-23(25(29)30)13-18-7-5-17(6-8-18)9-11-33-12-10-27-24(28)20-15-22(32-3)21(31-2)14-19(20)16-26-27/h5-8,14-16,23H,4,9-13H2,1-3H3,(H,29,30). The molecule has 1 unspecified atom stereocenters. The summed E-state index contributed by atoms with van der Waals surface area (Å²) < 4.78 is 22.9. The zero-order valence-corrected chi connectivity index (χ0v) is 19.7. The minimum Gasteiger partial charge on any atom is -0.493 e. The molecule has 0 aliphatic rings. The van der Waals surface area contributed by atoms with Gasteiger partial charge in [0.1, 0.15) is 0 Å². The predicted molar refractivity (Wildman–Crippen MR) is 127 cm³/mol. The Hall–Kier alpha value is -3.43. The number of fused-ring (bicyclic) bond motifs is 1. The van der Waals surface area contributed by atoms with Gasteiger partial charge in [-0.25, -0.2) is 9.48 Å². The van der Waals surface area contributed by atoms with Crippen molar-refractivity contribution >= 4 is 16.7 Å². The lowest BCUT2D eigenvalue weighted by Gasteiger charge is -2.12. The SMILES string of the molecule is CCOC(Cc1ccc(CCOCCn2ncc3cc(OC)c(OC)cc3c2=O)cc1)C(=O)O. The van der Waals surface area contributed by atoms with Gasteiger partial charge < -0.3 is 24.1 Å². The van der Waals surface area contributed by atoms with E-state index in [0.717, 1.165) is 11.1 Å². The Bertz CT molecular complexity index is 1160. The molecule has 0 fully saturated rings. The first-order valence-corrected chi connectivity index (χ1v) is 11.1. The van der Waals surface area contributed by atoms with E-state index in [-0.39, 0.29) is 5.56 Å². The van der Waals surface area contributed by atoms with Crippen LogP contribution in [0.3, 0.4) is 0 Å². The Kier molecular flexibility index (Phi) is 9.00. The summed E-state index contributed by atoms with van der Waals surface area (Å²) in [7, 11) is 3.07. The third-order valence-electron chi connectivity index (χ3n) is 5.43. The monoisotopic (exact) mass is 470 g/mol. The van der Waals surface area contributed by atoms with Crippen molar-refractivity contribution in [2.45, 2.75) is 32.4 Å². The molecule has 0 aliphatic heterocycles. The number of methoxy groups -OCH3 is 2. The second kappa shape index (κ2) is 12.2. The van der Waals surface area contributed by atoms with Crippen molar-refractivity contribution in [1.29, 1.82) is 0 Å². The van der Waals surface area contributed by atoms with Crippen LogP contribution in [0, 0.1) is 0 Å². The van der Waals surface area contributed by atoms with E-state index < -0.39 is 12.1 Å². The van der Waals surface area contributed by atoms with Gasteiger partial charge in [-0.1, -0.05) is 24.3 Å². The molecule has 0 aliphatic carbocycles. The first-order valence-electron chi connectivity index (χ1n) is 11.1. The lowest BCUT2D eigenvalue weighted by molar-refractivity contribution is -0.149. The number of ether oxygens (including phenoxy) is 4.